The molecule has 0 saturated carbocycles. The van der Waals surface area contributed by atoms with Gasteiger partial charge in [-0.1, -0.05) is 0 Å². The minimum absolute atomic E-state index is 0.398. The Kier molecular flexibility index (Phi) is 2.37. The molecule has 1 aromatic heterocycles. The predicted molar refractivity (Wildman–Crippen MR) is 53.2 cm³/mol. The maximum absolute atomic E-state index is 10.7. The number of carbonyl (C=O) groups is 1. The van der Waals surface area contributed by atoms with E-state index in [1.807, 2.05) is 13.1 Å². The van der Waals surface area contributed by atoms with Crippen LogP contribution in [-0.4, -0.2) is 34.6 Å². The zero-order valence-electron chi connectivity index (χ0n) is 8.60. The highest BCUT2D eigenvalue weighted by Gasteiger charge is 2.25. The number of carbonyl (C=O) groups excluding carboxylic acids is 1. The van der Waals surface area contributed by atoms with Crippen molar-refractivity contribution in [3.05, 3.63) is 17.5 Å². The molecule has 76 valence electrons. The van der Waals surface area contributed by atoms with Crippen molar-refractivity contribution < 1.29 is 4.79 Å². The average Bonchev–Trinajstić information content (AvgIpc) is 2.71. The highest BCUT2D eigenvalue weighted by Crippen LogP contribution is 2.29. The van der Waals surface area contributed by atoms with Gasteiger partial charge in [-0.05, 0) is 32.5 Å². The first kappa shape index (κ1) is 9.40. The molecule has 1 saturated heterocycles. The quantitative estimate of drug-likeness (QED) is 0.658. The number of hydrogen-bond donors (Lipinski definition) is 0. The van der Waals surface area contributed by atoms with Crippen LogP contribution in [0.5, 0.6) is 0 Å². The van der Waals surface area contributed by atoms with Gasteiger partial charge in [-0.3, -0.25) is 14.4 Å². The minimum Gasteiger partial charge on any atom is -0.298 e. The van der Waals surface area contributed by atoms with Crippen LogP contribution >= 0.6 is 0 Å². The number of aromatic nitrogens is 2. The Balaban J connectivity index is 2.27. The van der Waals surface area contributed by atoms with Gasteiger partial charge < -0.3 is 0 Å². The number of nitrogens with zero attached hydrogens (tertiary/aromatic N) is 3. The summed E-state index contributed by atoms with van der Waals surface area (Å²) in [5, 5.41) is 4.36. The van der Waals surface area contributed by atoms with Crippen LogP contribution in [0, 0.1) is 0 Å². The summed E-state index contributed by atoms with van der Waals surface area (Å²) in [4.78, 5) is 13.0. The molecule has 0 spiro atoms. The highest BCUT2D eigenvalue weighted by molar-refractivity contribution is 5.72. The number of aryl methyl sites for hydroxylation is 1. The molecule has 1 aliphatic heterocycles. The van der Waals surface area contributed by atoms with E-state index in [1.165, 1.54) is 6.42 Å². The zero-order valence-corrected chi connectivity index (χ0v) is 8.60. The molecule has 0 aromatic carbocycles. The molecule has 0 N–H and O–H groups in total. The van der Waals surface area contributed by atoms with Crippen LogP contribution in [0.2, 0.25) is 0 Å². The maximum Gasteiger partial charge on any atom is 0.168 e. The fourth-order valence-corrected chi connectivity index (χ4v) is 2.06. The Morgan fingerprint density at radius 2 is 2.36 bits per heavy atom. The largest absolute Gasteiger partial charge is 0.298 e. The van der Waals surface area contributed by atoms with E-state index < -0.39 is 0 Å². The molecule has 0 aliphatic carbocycles. The van der Waals surface area contributed by atoms with E-state index in [-0.39, 0.29) is 0 Å². The predicted octanol–water partition coefficient (Wildman–Crippen LogP) is 0.999. The maximum atomic E-state index is 10.7. The molecule has 4 nitrogen and oxygen atoms in total. The van der Waals surface area contributed by atoms with E-state index in [0.717, 1.165) is 24.9 Å². The van der Waals surface area contributed by atoms with Crippen molar-refractivity contribution >= 4 is 6.29 Å². The van der Waals surface area contributed by atoms with Crippen LogP contribution in [-0.2, 0) is 7.05 Å². The Morgan fingerprint density at radius 1 is 1.57 bits per heavy atom. The lowest BCUT2D eigenvalue weighted by atomic mass is 10.1. The number of hydrogen-bond acceptors (Lipinski definition) is 3. The van der Waals surface area contributed by atoms with Crippen molar-refractivity contribution in [2.24, 2.45) is 7.05 Å². The summed E-state index contributed by atoms with van der Waals surface area (Å²) in [5.41, 5.74) is 1.68. The first-order valence-electron chi connectivity index (χ1n) is 4.91. The molecule has 0 amide bonds. The third-order valence-electron chi connectivity index (χ3n) is 2.92. The number of likely N-dealkylation sites (tertiary alicyclic amines) is 1. The summed E-state index contributed by atoms with van der Waals surface area (Å²) in [7, 11) is 3.91. The van der Waals surface area contributed by atoms with Crippen LogP contribution < -0.4 is 0 Å². The Labute approximate surface area is 83.5 Å². The SMILES string of the molecule is CN1CCCC1c1cc(C=O)n(C)n1. The van der Waals surface area contributed by atoms with Gasteiger partial charge in [0.05, 0.1) is 11.7 Å². The van der Waals surface area contributed by atoms with Crippen molar-refractivity contribution in [1.82, 2.24) is 14.7 Å². The summed E-state index contributed by atoms with van der Waals surface area (Å²) < 4.78 is 1.65. The Morgan fingerprint density at radius 3 is 2.86 bits per heavy atom. The second kappa shape index (κ2) is 3.53. The normalized spacial score (nSPS) is 22.9. The van der Waals surface area contributed by atoms with E-state index >= 15 is 0 Å². The second-order valence-electron chi connectivity index (χ2n) is 3.87. The standard InChI is InChI=1S/C10H15N3O/c1-12-5-3-4-10(12)9-6-8(7-14)13(2)11-9/h6-7,10H,3-5H2,1-2H3. The summed E-state index contributed by atoms with van der Waals surface area (Å²) in [6, 6.07) is 2.29. The van der Waals surface area contributed by atoms with E-state index in [2.05, 4.69) is 17.0 Å². The van der Waals surface area contributed by atoms with Gasteiger partial charge in [0, 0.05) is 7.05 Å². The minimum atomic E-state index is 0.398. The van der Waals surface area contributed by atoms with E-state index in [9.17, 15) is 4.79 Å². The molecule has 1 aromatic rings. The van der Waals surface area contributed by atoms with E-state index in [4.69, 9.17) is 0 Å². The highest BCUT2D eigenvalue weighted by atomic mass is 16.1. The summed E-state index contributed by atoms with van der Waals surface area (Å²) in [6.45, 7) is 1.12. The van der Waals surface area contributed by atoms with Crippen LogP contribution in [0.1, 0.15) is 35.1 Å². The molecular weight excluding hydrogens is 178 g/mol. The smallest absolute Gasteiger partial charge is 0.168 e. The van der Waals surface area contributed by atoms with Gasteiger partial charge in [-0.2, -0.15) is 5.10 Å². The van der Waals surface area contributed by atoms with Crippen molar-refractivity contribution in [3.8, 4) is 0 Å². The molecular formula is C10H15N3O. The van der Waals surface area contributed by atoms with Gasteiger partial charge in [-0.25, -0.2) is 0 Å². The fraction of sp³-hybridized carbons (Fsp3) is 0.600. The van der Waals surface area contributed by atoms with Crippen molar-refractivity contribution in [1.29, 1.82) is 0 Å². The first-order valence-corrected chi connectivity index (χ1v) is 4.91. The molecule has 0 bridgehead atoms. The third-order valence-corrected chi connectivity index (χ3v) is 2.92. The molecule has 2 rings (SSSR count). The first-order chi connectivity index (χ1) is 6.72. The molecule has 14 heavy (non-hydrogen) atoms. The molecule has 4 heteroatoms. The number of aldehydes is 1. The van der Waals surface area contributed by atoms with Gasteiger partial charge in [-0.15, -0.1) is 0 Å². The lowest BCUT2D eigenvalue weighted by Crippen LogP contribution is -2.17. The lowest BCUT2D eigenvalue weighted by molar-refractivity contribution is 0.111. The van der Waals surface area contributed by atoms with E-state index in [1.54, 1.807) is 4.68 Å². The second-order valence-corrected chi connectivity index (χ2v) is 3.87. The molecule has 1 unspecified atom stereocenters. The van der Waals surface area contributed by atoms with E-state index in [0.29, 0.717) is 11.7 Å². The monoisotopic (exact) mass is 193 g/mol. The summed E-state index contributed by atoms with van der Waals surface area (Å²) in [6.07, 6.45) is 3.21. The summed E-state index contributed by atoms with van der Waals surface area (Å²) >= 11 is 0. The van der Waals surface area contributed by atoms with Gasteiger partial charge in [0.1, 0.15) is 5.69 Å². The lowest BCUT2D eigenvalue weighted by Gasteiger charge is -2.16. The van der Waals surface area contributed by atoms with Gasteiger partial charge >= 0.3 is 0 Å². The van der Waals surface area contributed by atoms with Gasteiger partial charge in [0.2, 0.25) is 0 Å². The Hall–Kier alpha value is -1.16. The fourth-order valence-electron chi connectivity index (χ4n) is 2.06. The van der Waals surface area contributed by atoms with Crippen molar-refractivity contribution in [2.75, 3.05) is 13.6 Å². The summed E-state index contributed by atoms with van der Waals surface area (Å²) in [5.74, 6) is 0. The molecule has 2 heterocycles. The Bertz CT molecular complexity index is 345. The molecule has 1 aliphatic rings. The van der Waals surface area contributed by atoms with Gasteiger partial charge in [0.15, 0.2) is 6.29 Å². The van der Waals surface area contributed by atoms with Crippen LogP contribution in [0.15, 0.2) is 6.07 Å². The van der Waals surface area contributed by atoms with Crippen molar-refractivity contribution in [3.63, 3.8) is 0 Å². The van der Waals surface area contributed by atoms with Crippen molar-refractivity contribution in [2.45, 2.75) is 18.9 Å². The topological polar surface area (TPSA) is 38.1 Å². The van der Waals surface area contributed by atoms with Crippen LogP contribution in [0.4, 0.5) is 0 Å². The molecule has 1 fully saturated rings. The average molecular weight is 193 g/mol. The van der Waals surface area contributed by atoms with Gasteiger partial charge in [0.25, 0.3) is 0 Å². The zero-order chi connectivity index (χ0) is 10.1. The molecule has 1 atom stereocenters. The number of rotatable bonds is 2. The van der Waals surface area contributed by atoms with Crippen LogP contribution in [0.3, 0.4) is 0 Å². The third kappa shape index (κ3) is 1.46. The molecule has 0 radical (unpaired) electrons. The van der Waals surface area contributed by atoms with Crippen LogP contribution in [0.25, 0.3) is 0 Å².